The molecule has 32 nitrogen and oxygen atoms in total. The second-order valence-corrected chi connectivity index (χ2v) is 28.3. The number of nitrogen functional groups attached to an aromatic ring is 1. The van der Waals surface area contributed by atoms with Gasteiger partial charge in [-0.05, 0) is 58.3 Å². The van der Waals surface area contributed by atoms with Crippen molar-refractivity contribution in [3.8, 4) is 11.8 Å². The first-order valence-electron chi connectivity index (χ1n) is 27.9. The molecule has 0 saturated carbocycles. The number of carbonyl (C=O) groups is 9. The summed E-state index contributed by atoms with van der Waals surface area (Å²) in [5.74, 6) is -0.0936. The average molecular weight is 1330 g/mol. The van der Waals surface area contributed by atoms with E-state index in [4.69, 9.17) is 20.3 Å². The second kappa shape index (κ2) is 31.9. The molecule has 10 atom stereocenters. The molecule has 0 spiro atoms. The lowest BCUT2D eigenvalue weighted by Crippen LogP contribution is -2.53. The van der Waals surface area contributed by atoms with Crippen LogP contribution in [0, 0.1) is 17.8 Å². The number of carboxylic acids is 2. The standard InChI is InChI=1S/C50H71N8O24P3S2/c1-29(59)10-3-2-4-11-30(47(68)57-21-8-15-35(57)45(66)52-33(49(70)71)25-42(64)65)24-37(61)34-14-7-20-56(34)48(69)36-16-9-19-55(36)40(63)18-23-87-86-22-17-32(60)13-6-5-12-31-27-58(44-43(31)46(67)54-50(51)53-44)41-26-38(62)39(80-41)28-79-84(75,76)82-85(77,78)81-83(72,73)74/h27,30,33-36,38-39,41,62H,2-4,6-11,13-26,28H2,1H3,(H,52,66)(H,64,65)(H,70,71)(H,75,76)(H,77,78)(H2,72,73,74)(H3,51,53,54,67). The van der Waals surface area contributed by atoms with Gasteiger partial charge >= 0.3 is 35.4 Å². The number of hydrogen-bond acceptors (Lipinski definition) is 22. The Morgan fingerprint density at radius 2 is 1.49 bits per heavy atom. The van der Waals surface area contributed by atoms with Gasteiger partial charge in [-0.25, -0.2) is 18.5 Å². The fourth-order valence-corrected chi connectivity index (χ4v) is 15.8. The third-order valence-corrected chi connectivity index (χ3v) is 20.9. The summed E-state index contributed by atoms with van der Waals surface area (Å²) < 4.78 is 53.9. The summed E-state index contributed by atoms with van der Waals surface area (Å²) >= 11 is 0. The number of rotatable bonds is 33. The predicted octanol–water partition coefficient (Wildman–Crippen LogP) is 2.29. The van der Waals surface area contributed by atoms with E-state index in [2.05, 4.69) is 40.3 Å². The number of nitrogens with one attached hydrogen (secondary N) is 2. The predicted molar refractivity (Wildman–Crippen MR) is 307 cm³/mol. The van der Waals surface area contributed by atoms with E-state index >= 15 is 0 Å². The number of nitrogens with two attached hydrogens (primary N) is 1. The number of aliphatic hydroxyl groups is 1. The Morgan fingerprint density at radius 1 is 0.839 bits per heavy atom. The van der Waals surface area contributed by atoms with E-state index in [1.165, 1.54) is 54.0 Å². The van der Waals surface area contributed by atoms with Crippen molar-refractivity contribution in [3.05, 3.63) is 22.1 Å². The quantitative estimate of drug-likeness (QED) is 0.0212. The van der Waals surface area contributed by atoms with Crippen molar-refractivity contribution in [2.24, 2.45) is 5.92 Å². The Morgan fingerprint density at radius 3 is 2.16 bits per heavy atom. The van der Waals surface area contributed by atoms with E-state index in [1.807, 2.05) is 0 Å². The summed E-state index contributed by atoms with van der Waals surface area (Å²) in [5, 5.41) is 31.6. The fourth-order valence-electron chi connectivity index (χ4n) is 10.7. The van der Waals surface area contributed by atoms with Gasteiger partial charge in [0.15, 0.2) is 11.4 Å². The van der Waals surface area contributed by atoms with Gasteiger partial charge in [-0.3, -0.25) is 47.9 Å². The summed E-state index contributed by atoms with van der Waals surface area (Å²) in [5.41, 5.74) is 5.23. The van der Waals surface area contributed by atoms with Crippen molar-refractivity contribution in [2.75, 3.05) is 43.5 Å². The van der Waals surface area contributed by atoms with Crippen molar-refractivity contribution in [2.45, 2.75) is 165 Å². The van der Waals surface area contributed by atoms with Crippen molar-refractivity contribution in [1.29, 1.82) is 0 Å². The van der Waals surface area contributed by atoms with Crippen LogP contribution in [0.1, 0.15) is 134 Å². The topological polar surface area (TPSA) is 482 Å². The van der Waals surface area contributed by atoms with Gasteiger partial charge in [0, 0.05) is 88.2 Å². The summed E-state index contributed by atoms with van der Waals surface area (Å²) in [6.07, 6.45) is 1.13. The summed E-state index contributed by atoms with van der Waals surface area (Å²) in [6, 6.07) is -4.47. The Bertz CT molecular complexity index is 3190. The van der Waals surface area contributed by atoms with Crippen LogP contribution in [0.4, 0.5) is 5.95 Å². The highest BCUT2D eigenvalue weighted by molar-refractivity contribution is 8.76. The fraction of sp³-hybridized carbons (Fsp3) is 0.660. The third kappa shape index (κ3) is 20.9. The largest absolute Gasteiger partial charge is 0.490 e. The number of hydrogen-bond donors (Lipinski definition) is 10. The highest BCUT2D eigenvalue weighted by atomic mass is 33.1. The van der Waals surface area contributed by atoms with Crippen LogP contribution in [0.15, 0.2) is 11.0 Å². The Balaban J connectivity index is 0.955. The number of likely N-dealkylation sites (tertiary alicyclic amines) is 3. The molecule has 4 saturated heterocycles. The minimum Gasteiger partial charge on any atom is -0.481 e. The van der Waals surface area contributed by atoms with Gasteiger partial charge in [0.1, 0.15) is 42.0 Å². The zero-order valence-electron chi connectivity index (χ0n) is 47.2. The molecular formula is C50H71N8O24P3S2. The first kappa shape index (κ1) is 70.7. The Kier molecular flexibility index (Phi) is 25.9. The molecule has 11 N–H and O–H groups in total. The van der Waals surface area contributed by atoms with E-state index in [-0.39, 0.29) is 116 Å². The van der Waals surface area contributed by atoms with Gasteiger partial charge < -0.3 is 74.7 Å². The molecule has 2 aromatic heterocycles. The molecule has 87 heavy (non-hydrogen) atoms. The van der Waals surface area contributed by atoms with Crippen LogP contribution in [-0.4, -0.2) is 191 Å². The number of ketones is 3. The number of aromatic amines is 1. The molecule has 482 valence electrons. The van der Waals surface area contributed by atoms with Crippen LogP contribution in [0.3, 0.4) is 0 Å². The van der Waals surface area contributed by atoms with Crippen LogP contribution in [-0.2, 0) is 74.7 Å². The van der Waals surface area contributed by atoms with Gasteiger partial charge in [0.05, 0.1) is 36.1 Å². The molecule has 0 radical (unpaired) electrons. The number of H-pyrrole nitrogens is 1. The van der Waals surface area contributed by atoms with Crippen molar-refractivity contribution >= 4 is 115 Å². The van der Waals surface area contributed by atoms with E-state index in [0.29, 0.717) is 75.8 Å². The number of phosphoric acid groups is 3. The number of nitrogens with zero attached hydrogens (tertiary/aromatic N) is 5. The third-order valence-electron chi connectivity index (χ3n) is 14.7. The highest BCUT2D eigenvalue weighted by Gasteiger charge is 2.46. The van der Waals surface area contributed by atoms with E-state index in [1.54, 1.807) is 0 Å². The molecule has 6 heterocycles. The zero-order valence-corrected chi connectivity index (χ0v) is 51.5. The first-order valence-corrected chi connectivity index (χ1v) is 34.9. The maximum absolute atomic E-state index is 14.3. The number of anilines is 1. The number of Topliss-reactive ketones (excluding diaryl/α,β-unsaturated/α-hetero) is 3. The maximum Gasteiger partial charge on any atom is 0.490 e. The molecule has 10 unspecified atom stereocenters. The molecule has 2 aromatic rings. The van der Waals surface area contributed by atoms with Crippen LogP contribution in [0.25, 0.3) is 11.0 Å². The summed E-state index contributed by atoms with van der Waals surface area (Å²) in [6.45, 7) is 1.28. The number of ether oxygens (including phenoxy) is 1. The molecule has 4 amide bonds. The number of aliphatic carboxylic acids is 2. The van der Waals surface area contributed by atoms with E-state index < -0.39 is 114 Å². The average Bonchev–Trinajstić information content (AvgIpc) is 1.67. The van der Waals surface area contributed by atoms with E-state index in [9.17, 15) is 86.7 Å². The molecule has 0 bridgehead atoms. The lowest BCUT2D eigenvalue weighted by molar-refractivity contribution is -0.149. The van der Waals surface area contributed by atoms with Gasteiger partial charge in [-0.15, -0.1) is 0 Å². The van der Waals surface area contributed by atoms with Crippen LogP contribution in [0.2, 0.25) is 0 Å². The molecular weight excluding hydrogens is 1250 g/mol. The number of aliphatic hydroxyl groups excluding tert-OH is 1. The van der Waals surface area contributed by atoms with Crippen LogP contribution < -0.4 is 16.6 Å². The molecule has 6 rings (SSSR count). The van der Waals surface area contributed by atoms with Gasteiger partial charge in [-0.1, -0.05) is 46.3 Å². The number of unbranched alkanes of at least 4 members (excludes halogenated alkanes) is 2. The zero-order chi connectivity index (χ0) is 64.0. The highest BCUT2D eigenvalue weighted by Crippen LogP contribution is 2.66. The van der Waals surface area contributed by atoms with Crippen molar-refractivity contribution in [1.82, 2.24) is 34.6 Å². The smallest absolute Gasteiger partial charge is 0.481 e. The molecule has 37 heteroatoms. The Hall–Kier alpha value is -5.36. The van der Waals surface area contributed by atoms with Gasteiger partial charge in [0.25, 0.3) is 5.56 Å². The molecule has 0 aromatic carbocycles. The molecule has 4 aliphatic rings. The number of aromatic nitrogens is 3. The number of carbonyl (C=O) groups excluding carboxylic acids is 7. The van der Waals surface area contributed by atoms with Crippen molar-refractivity contribution in [3.63, 3.8) is 0 Å². The lowest BCUT2D eigenvalue weighted by Gasteiger charge is -2.32. The number of fused-ring (bicyclic) bond motifs is 1. The monoisotopic (exact) mass is 1320 g/mol. The van der Waals surface area contributed by atoms with Gasteiger partial charge in [-0.2, -0.15) is 13.6 Å². The Labute approximate surface area is 505 Å². The normalized spacial score (nSPS) is 22.5. The maximum atomic E-state index is 14.3. The molecule has 0 aliphatic carbocycles. The van der Waals surface area contributed by atoms with Crippen molar-refractivity contribution < 1.29 is 110 Å². The second-order valence-electron chi connectivity index (χ2n) is 21.2. The number of phosphoric ester groups is 1. The van der Waals surface area contributed by atoms with E-state index in [0.717, 1.165) is 0 Å². The van der Waals surface area contributed by atoms with Crippen LogP contribution in [0.5, 0.6) is 0 Å². The summed E-state index contributed by atoms with van der Waals surface area (Å²) in [4.78, 5) is 178. The minimum absolute atomic E-state index is 0.00728. The molecule has 4 aliphatic heterocycles. The number of amides is 4. The summed E-state index contributed by atoms with van der Waals surface area (Å²) in [7, 11) is -14.2. The minimum atomic E-state index is -5.81. The van der Waals surface area contributed by atoms with Crippen LogP contribution >= 0.6 is 45.1 Å². The van der Waals surface area contributed by atoms with Gasteiger partial charge in [0.2, 0.25) is 29.6 Å². The first-order chi connectivity index (χ1) is 40.9. The lowest BCUT2D eigenvalue weighted by atomic mass is 9.90. The SMILES string of the molecule is CC(=O)CCCCCC(CC(=O)C1CCCN1C(=O)C1CCCN1C(=O)CCSSCCC(=O)CCC#Cc1cn(C2CC(O)C(COP(=O)(O)OP(=O)(O)OP(=O)(O)O)O2)c2nc(N)[nH]c(=O)c12)C(=O)N1CCCC1C(=O)NC(CC(=O)O)C(=O)O. The number of carboxylic acid groups (broad SMARTS) is 2. The molecule has 4 fully saturated rings.